The molecule has 1 aromatic carbocycles. The molecule has 0 heterocycles. The number of rotatable bonds is 3. The van der Waals surface area contributed by atoms with Gasteiger partial charge in [0.05, 0.1) is 0 Å². The van der Waals surface area contributed by atoms with Crippen LogP contribution in [0.5, 0.6) is 5.75 Å². The number of halogens is 2. The van der Waals surface area contributed by atoms with Gasteiger partial charge in [0.1, 0.15) is 23.0 Å². The molecule has 0 spiro atoms. The number of ether oxygens (including phenoxy) is 2. The second-order valence-corrected chi connectivity index (χ2v) is 4.90. The maximum absolute atomic E-state index is 12.9. The average molecular weight is 258 g/mol. The molecule has 1 atom stereocenters. The van der Waals surface area contributed by atoms with Crippen molar-refractivity contribution in [1.29, 1.82) is 0 Å². The molecule has 3 nitrogen and oxygen atoms in total. The van der Waals surface area contributed by atoms with Gasteiger partial charge >= 0.3 is 5.97 Å². The second kappa shape index (κ2) is 5.33. The number of hydrogen-bond donors (Lipinski definition) is 0. The summed E-state index contributed by atoms with van der Waals surface area (Å²) in [5, 5.41) is 0. The summed E-state index contributed by atoms with van der Waals surface area (Å²) in [4.78, 5) is 11.6. The van der Waals surface area contributed by atoms with Gasteiger partial charge < -0.3 is 9.47 Å². The molecule has 0 bridgehead atoms. The Bertz CT molecular complexity index is 418. The van der Waals surface area contributed by atoms with Crippen LogP contribution < -0.4 is 4.74 Å². The Hall–Kier alpha value is -1.65. The molecule has 0 saturated carbocycles. The standard InChI is InChI=1S/C13H16F2O3/c1-8(12(16)18-13(2,3)4)17-11-6-9(14)5-10(15)7-11/h5-8H,1-4H3. The van der Waals surface area contributed by atoms with Gasteiger partial charge in [-0.1, -0.05) is 0 Å². The molecule has 18 heavy (non-hydrogen) atoms. The Kier molecular flexibility index (Phi) is 4.27. The summed E-state index contributed by atoms with van der Waals surface area (Å²) in [6, 6.07) is 2.74. The lowest BCUT2D eigenvalue weighted by Gasteiger charge is -2.22. The molecule has 1 rings (SSSR count). The second-order valence-electron chi connectivity index (χ2n) is 4.90. The fraction of sp³-hybridized carbons (Fsp3) is 0.462. The normalized spacial score (nSPS) is 13.0. The SMILES string of the molecule is CC(Oc1cc(F)cc(F)c1)C(=O)OC(C)(C)C. The molecule has 0 amide bonds. The van der Waals surface area contributed by atoms with Crippen molar-refractivity contribution in [3.63, 3.8) is 0 Å². The lowest BCUT2D eigenvalue weighted by Crippen LogP contribution is -2.33. The summed E-state index contributed by atoms with van der Waals surface area (Å²) in [7, 11) is 0. The van der Waals surface area contributed by atoms with E-state index in [2.05, 4.69) is 0 Å². The van der Waals surface area contributed by atoms with Gasteiger partial charge in [-0.15, -0.1) is 0 Å². The first-order valence-corrected chi connectivity index (χ1v) is 5.53. The summed E-state index contributed by atoms with van der Waals surface area (Å²) in [6.45, 7) is 6.62. The topological polar surface area (TPSA) is 35.5 Å². The van der Waals surface area contributed by atoms with Crippen molar-refractivity contribution in [2.75, 3.05) is 0 Å². The van der Waals surface area contributed by atoms with E-state index >= 15 is 0 Å². The van der Waals surface area contributed by atoms with Crippen LogP contribution in [-0.4, -0.2) is 17.7 Å². The average Bonchev–Trinajstić information content (AvgIpc) is 2.12. The summed E-state index contributed by atoms with van der Waals surface area (Å²) in [6.07, 6.45) is -0.939. The molecule has 0 saturated heterocycles. The van der Waals surface area contributed by atoms with E-state index in [1.165, 1.54) is 6.92 Å². The molecular formula is C13H16F2O3. The molecule has 0 radical (unpaired) electrons. The third kappa shape index (κ3) is 4.69. The molecule has 0 aromatic heterocycles. The van der Waals surface area contributed by atoms with Gasteiger partial charge in [-0.25, -0.2) is 13.6 Å². The Morgan fingerprint density at radius 1 is 1.17 bits per heavy atom. The Morgan fingerprint density at radius 3 is 2.11 bits per heavy atom. The quantitative estimate of drug-likeness (QED) is 0.781. The molecular weight excluding hydrogens is 242 g/mol. The molecule has 100 valence electrons. The van der Waals surface area contributed by atoms with E-state index in [9.17, 15) is 13.6 Å². The maximum atomic E-state index is 12.9. The largest absolute Gasteiger partial charge is 0.479 e. The lowest BCUT2D eigenvalue weighted by molar-refractivity contribution is -0.162. The first-order chi connectivity index (χ1) is 8.17. The summed E-state index contributed by atoms with van der Waals surface area (Å²) < 4.78 is 36.0. The summed E-state index contributed by atoms with van der Waals surface area (Å²) >= 11 is 0. The zero-order valence-electron chi connectivity index (χ0n) is 10.8. The van der Waals surface area contributed by atoms with E-state index in [0.717, 1.165) is 18.2 Å². The highest BCUT2D eigenvalue weighted by Gasteiger charge is 2.23. The van der Waals surface area contributed by atoms with Crippen molar-refractivity contribution in [3.8, 4) is 5.75 Å². The predicted molar refractivity (Wildman–Crippen MR) is 62.3 cm³/mol. The van der Waals surface area contributed by atoms with Crippen LogP contribution in [0.1, 0.15) is 27.7 Å². The van der Waals surface area contributed by atoms with Gasteiger partial charge in [0.15, 0.2) is 6.10 Å². The Morgan fingerprint density at radius 2 is 1.67 bits per heavy atom. The van der Waals surface area contributed by atoms with Gasteiger partial charge in [0.25, 0.3) is 0 Å². The fourth-order valence-corrected chi connectivity index (χ4v) is 1.23. The van der Waals surface area contributed by atoms with Crippen molar-refractivity contribution in [2.45, 2.75) is 39.4 Å². The molecule has 1 unspecified atom stereocenters. The van der Waals surface area contributed by atoms with E-state index in [4.69, 9.17) is 9.47 Å². The van der Waals surface area contributed by atoms with Gasteiger partial charge in [0, 0.05) is 18.2 Å². The molecule has 0 N–H and O–H groups in total. The Labute approximate surface area is 105 Å². The molecule has 0 aliphatic heterocycles. The van der Waals surface area contributed by atoms with Crippen LogP contribution in [0.3, 0.4) is 0 Å². The van der Waals surface area contributed by atoms with Crippen molar-refractivity contribution < 1.29 is 23.0 Å². The first-order valence-electron chi connectivity index (χ1n) is 5.53. The monoisotopic (exact) mass is 258 g/mol. The number of benzene rings is 1. The van der Waals surface area contributed by atoms with E-state index in [-0.39, 0.29) is 5.75 Å². The van der Waals surface area contributed by atoms with Crippen molar-refractivity contribution in [2.24, 2.45) is 0 Å². The van der Waals surface area contributed by atoms with E-state index in [0.29, 0.717) is 0 Å². The zero-order chi connectivity index (χ0) is 13.9. The van der Waals surface area contributed by atoms with Crippen molar-refractivity contribution in [1.82, 2.24) is 0 Å². The number of carbonyl (C=O) groups excluding carboxylic acids is 1. The molecule has 0 aliphatic rings. The van der Waals surface area contributed by atoms with Crippen LogP contribution in [0.25, 0.3) is 0 Å². The number of carbonyl (C=O) groups is 1. The first kappa shape index (κ1) is 14.4. The molecule has 0 aliphatic carbocycles. The fourth-order valence-electron chi connectivity index (χ4n) is 1.23. The smallest absolute Gasteiger partial charge is 0.347 e. The van der Waals surface area contributed by atoms with Crippen LogP contribution in [0.4, 0.5) is 8.78 Å². The third-order valence-electron chi connectivity index (χ3n) is 1.89. The van der Waals surface area contributed by atoms with Crippen LogP contribution >= 0.6 is 0 Å². The molecule has 1 aromatic rings. The number of hydrogen-bond acceptors (Lipinski definition) is 3. The van der Waals surface area contributed by atoms with E-state index in [1.54, 1.807) is 20.8 Å². The highest BCUT2D eigenvalue weighted by atomic mass is 19.1. The lowest BCUT2D eigenvalue weighted by atomic mass is 10.2. The zero-order valence-corrected chi connectivity index (χ0v) is 10.8. The van der Waals surface area contributed by atoms with Crippen molar-refractivity contribution in [3.05, 3.63) is 29.8 Å². The minimum atomic E-state index is -0.939. The summed E-state index contributed by atoms with van der Waals surface area (Å²) in [5.74, 6) is -2.17. The minimum absolute atomic E-state index is 0.0501. The molecule has 0 fully saturated rings. The number of esters is 1. The van der Waals surface area contributed by atoms with Crippen LogP contribution in [0.2, 0.25) is 0 Å². The van der Waals surface area contributed by atoms with E-state index in [1.807, 2.05) is 0 Å². The summed E-state index contributed by atoms with van der Waals surface area (Å²) in [5.41, 5.74) is -0.637. The van der Waals surface area contributed by atoms with E-state index < -0.39 is 29.3 Å². The Balaban J connectivity index is 2.69. The highest BCUT2D eigenvalue weighted by Crippen LogP contribution is 2.18. The van der Waals surface area contributed by atoms with Crippen LogP contribution in [0.15, 0.2) is 18.2 Å². The van der Waals surface area contributed by atoms with Gasteiger partial charge in [-0.05, 0) is 27.7 Å². The molecule has 5 heteroatoms. The van der Waals surface area contributed by atoms with Gasteiger partial charge in [-0.2, -0.15) is 0 Å². The highest BCUT2D eigenvalue weighted by molar-refractivity contribution is 5.75. The van der Waals surface area contributed by atoms with Crippen LogP contribution in [-0.2, 0) is 9.53 Å². The van der Waals surface area contributed by atoms with Crippen molar-refractivity contribution >= 4 is 5.97 Å². The third-order valence-corrected chi connectivity index (χ3v) is 1.89. The maximum Gasteiger partial charge on any atom is 0.347 e. The predicted octanol–water partition coefficient (Wildman–Crippen LogP) is 3.07. The van der Waals surface area contributed by atoms with Gasteiger partial charge in [0.2, 0.25) is 0 Å². The minimum Gasteiger partial charge on any atom is -0.479 e. The van der Waals surface area contributed by atoms with Crippen LogP contribution in [0, 0.1) is 11.6 Å². The van der Waals surface area contributed by atoms with Gasteiger partial charge in [-0.3, -0.25) is 0 Å².